The van der Waals surface area contributed by atoms with Gasteiger partial charge in [0.05, 0.1) is 18.3 Å². The highest BCUT2D eigenvalue weighted by molar-refractivity contribution is 7.88. The summed E-state index contributed by atoms with van der Waals surface area (Å²) in [4.78, 5) is 12.2. The molecule has 5 nitrogen and oxygen atoms in total. The summed E-state index contributed by atoms with van der Waals surface area (Å²) in [6, 6.07) is 0. The zero-order valence-corrected chi connectivity index (χ0v) is 11.8. The quantitative estimate of drug-likeness (QED) is 0.721. The van der Waals surface area contributed by atoms with Crippen LogP contribution < -0.4 is 0 Å². The lowest BCUT2D eigenvalue weighted by atomic mass is 9.67. The molecule has 0 spiro atoms. The van der Waals surface area contributed by atoms with Gasteiger partial charge in [-0.3, -0.25) is 4.79 Å². The number of hydrogen-bond acceptors (Lipinski definition) is 4. The Kier molecular flexibility index (Phi) is 3.69. The highest BCUT2D eigenvalue weighted by Crippen LogP contribution is 2.45. The zero-order valence-electron chi connectivity index (χ0n) is 11.0. The second-order valence-corrected chi connectivity index (χ2v) is 7.50. The Hall–Kier alpha value is -0.620. The summed E-state index contributed by atoms with van der Waals surface area (Å²) < 4.78 is 30.0. The summed E-state index contributed by atoms with van der Waals surface area (Å²) >= 11 is 0. The molecule has 0 aromatic rings. The van der Waals surface area contributed by atoms with Gasteiger partial charge in [0.15, 0.2) is 0 Å². The van der Waals surface area contributed by atoms with Crippen molar-refractivity contribution >= 4 is 16.0 Å². The maximum atomic E-state index is 12.2. The first-order valence-electron chi connectivity index (χ1n) is 6.50. The SMILES string of the molecule is CCOC(=O)C12CCCC(CN(S(C)(=O)=O)C1)C2. The third kappa shape index (κ3) is 2.54. The van der Waals surface area contributed by atoms with Crippen LogP contribution in [-0.4, -0.2) is 44.6 Å². The van der Waals surface area contributed by atoms with Crippen molar-refractivity contribution in [1.82, 2.24) is 4.31 Å². The number of piperidine rings is 1. The van der Waals surface area contributed by atoms with E-state index in [0.29, 0.717) is 25.6 Å². The van der Waals surface area contributed by atoms with Gasteiger partial charge in [0.2, 0.25) is 10.0 Å². The maximum absolute atomic E-state index is 12.2. The first-order valence-corrected chi connectivity index (χ1v) is 8.34. The zero-order chi connectivity index (χ0) is 13.4. The average Bonchev–Trinajstić information content (AvgIpc) is 2.27. The third-order valence-electron chi connectivity index (χ3n) is 4.07. The molecule has 1 heterocycles. The highest BCUT2D eigenvalue weighted by Gasteiger charge is 2.50. The van der Waals surface area contributed by atoms with Crippen LogP contribution in [0.4, 0.5) is 0 Å². The summed E-state index contributed by atoms with van der Waals surface area (Å²) in [7, 11) is -3.23. The largest absolute Gasteiger partial charge is 0.466 e. The van der Waals surface area contributed by atoms with Gasteiger partial charge in [-0.25, -0.2) is 12.7 Å². The van der Waals surface area contributed by atoms with Crippen molar-refractivity contribution in [3.8, 4) is 0 Å². The van der Waals surface area contributed by atoms with Crippen molar-refractivity contribution in [2.45, 2.75) is 32.6 Å². The first-order chi connectivity index (χ1) is 8.37. The Bertz CT molecular complexity index is 433. The monoisotopic (exact) mass is 275 g/mol. The minimum atomic E-state index is -3.23. The van der Waals surface area contributed by atoms with E-state index in [9.17, 15) is 13.2 Å². The third-order valence-corrected chi connectivity index (χ3v) is 5.28. The number of carbonyl (C=O) groups is 1. The fraction of sp³-hybridized carbons (Fsp3) is 0.917. The van der Waals surface area contributed by atoms with Crippen LogP contribution >= 0.6 is 0 Å². The minimum Gasteiger partial charge on any atom is -0.466 e. The van der Waals surface area contributed by atoms with Crippen LogP contribution in [0.3, 0.4) is 0 Å². The van der Waals surface area contributed by atoms with Crippen LogP contribution in [0.15, 0.2) is 0 Å². The van der Waals surface area contributed by atoms with Crippen LogP contribution in [0.2, 0.25) is 0 Å². The van der Waals surface area contributed by atoms with Gasteiger partial charge in [-0.1, -0.05) is 6.42 Å². The van der Waals surface area contributed by atoms with E-state index in [1.807, 2.05) is 0 Å². The van der Waals surface area contributed by atoms with Gasteiger partial charge in [-0.15, -0.1) is 0 Å². The van der Waals surface area contributed by atoms with Crippen LogP contribution in [-0.2, 0) is 19.6 Å². The number of hydrogen-bond donors (Lipinski definition) is 0. The molecular weight excluding hydrogens is 254 g/mol. The molecule has 2 atom stereocenters. The topological polar surface area (TPSA) is 63.7 Å². The van der Waals surface area contributed by atoms with E-state index < -0.39 is 15.4 Å². The number of carbonyl (C=O) groups excluding carboxylic acids is 1. The van der Waals surface area contributed by atoms with Crippen molar-refractivity contribution in [1.29, 1.82) is 0 Å². The van der Waals surface area contributed by atoms with Gasteiger partial charge in [0.25, 0.3) is 0 Å². The number of esters is 1. The van der Waals surface area contributed by atoms with Crippen LogP contribution in [0.25, 0.3) is 0 Å². The molecule has 0 N–H and O–H groups in total. The van der Waals surface area contributed by atoms with E-state index in [1.165, 1.54) is 10.6 Å². The maximum Gasteiger partial charge on any atom is 0.313 e. The lowest BCUT2D eigenvalue weighted by Gasteiger charge is -2.46. The molecule has 6 heteroatoms. The van der Waals surface area contributed by atoms with Gasteiger partial charge in [0, 0.05) is 13.1 Å². The Morgan fingerprint density at radius 1 is 1.50 bits per heavy atom. The first kappa shape index (κ1) is 13.8. The van der Waals surface area contributed by atoms with Crippen molar-refractivity contribution in [2.24, 2.45) is 11.3 Å². The van der Waals surface area contributed by atoms with E-state index in [1.54, 1.807) is 6.92 Å². The normalized spacial score (nSPS) is 33.1. The molecule has 0 aromatic heterocycles. The van der Waals surface area contributed by atoms with Gasteiger partial charge in [-0.05, 0) is 32.1 Å². The molecule has 2 rings (SSSR count). The fourth-order valence-electron chi connectivity index (χ4n) is 3.26. The second kappa shape index (κ2) is 4.81. The van der Waals surface area contributed by atoms with E-state index in [0.717, 1.165) is 25.7 Å². The Labute approximate surface area is 109 Å². The van der Waals surface area contributed by atoms with Crippen molar-refractivity contribution in [2.75, 3.05) is 26.0 Å². The summed E-state index contributed by atoms with van der Waals surface area (Å²) in [6.07, 6.45) is 4.73. The van der Waals surface area contributed by atoms with Gasteiger partial charge in [0.1, 0.15) is 0 Å². The molecule has 1 aliphatic carbocycles. The molecule has 1 saturated carbocycles. The summed E-state index contributed by atoms with van der Waals surface area (Å²) in [5, 5.41) is 0. The van der Waals surface area contributed by atoms with E-state index >= 15 is 0 Å². The molecule has 1 saturated heterocycles. The predicted molar refractivity (Wildman–Crippen MR) is 67.4 cm³/mol. The lowest BCUT2D eigenvalue weighted by Crippen LogP contribution is -2.55. The summed E-state index contributed by atoms with van der Waals surface area (Å²) in [5.41, 5.74) is -0.597. The van der Waals surface area contributed by atoms with Crippen molar-refractivity contribution < 1.29 is 17.9 Å². The number of rotatable bonds is 3. The summed E-state index contributed by atoms with van der Waals surface area (Å²) in [6.45, 7) is 2.98. The number of nitrogens with zero attached hydrogens (tertiary/aromatic N) is 1. The average molecular weight is 275 g/mol. The highest BCUT2D eigenvalue weighted by atomic mass is 32.2. The Balaban J connectivity index is 2.25. The van der Waals surface area contributed by atoms with Crippen molar-refractivity contribution in [3.63, 3.8) is 0 Å². The molecule has 2 fully saturated rings. The predicted octanol–water partition coefficient (Wildman–Crippen LogP) is 1.00. The fourth-order valence-corrected chi connectivity index (χ4v) is 4.23. The molecule has 2 unspecified atom stereocenters. The molecule has 104 valence electrons. The second-order valence-electron chi connectivity index (χ2n) is 5.52. The van der Waals surface area contributed by atoms with E-state index in [-0.39, 0.29) is 5.97 Å². The van der Waals surface area contributed by atoms with Crippen LogP contribution in [0.1, 0.15) is 32.6 Å². The molecular formula is C12H21NO4S. The molecule has 0 radical (unpaired) electrons. The van der Waals surface area contributed by atoms with Gasteiger partial charge in [-0.2, -0.15) is 0 Å². The molecule has 18 heavy (non-hydrogen) atoms. The molecule has 0 aromatic carbocycles. The number of sulfonamides is 1. The molecule has 1 aliphatic heterocycles. The lowest BCUT2D eigenvalue weighted by molar-refractivity contribution is -0.161. The minimum absolute atomic E-state index is 0.219. The van der Waals surface area contributed by atoms with Gasteiger partial charge < -0.3 is 4.74 Å². The van der Waals surface area contributed by atoms with Crippen molar-refractivity contribution in [3.05, 3.63) is 0 Å². The van der Waals surface area contributed by atoms with Gasteiger partial charge >= 0.3 is 5.97 Å². The number of fused-ring (bicyclic) bond motifs is 2. The smallest absolute Gasteiger partial charge is 0.313 e. The summed E-state index contributed by atoms with van der Waals surface area (Å²) in [5.74, 6) is 0.0784. The standard InChI is InChI=1S/C12H21NO4S/c1-3-17-11(14)12-6-4-5-10(7-12)8-13(9-12)18(2,15)16/h10H,3-9H2,1-2H3. The Morgan fingerprint density at radius 2 is 2.22 bits per heavy atom. The molecule has 2 aliphatic rings. The molecule has 0 amide bonds. The van der Waals surface area contributed by atoms with Crippen LogP contribution in [0.5, 0.6) is 0 Å². The number of ether oxygens (including phenoxy) is 1. The Morgan fingerprint density at radius 3 is 2.83 bits per heavy atom. The van der Waals surface area contributed by atoms with E-state index in [4.69, 9.17) is 4.74 Å². The molecule has 2 bridgehead atoms. The van der Waals surface area contributed by atoms with Crippen LogP contribution in [0, 0.1) is 11.3 Å². The van der Waals surface area contributed by atoms with E-state index in [2.05, 4.69) is 0 Å².